The number of fused-ring (bicyclic) bond motifs is 2. The van der Waals surface area contributed by atoms with Gasteiger partial charge in [-0.05, 0) is 31.5 Å². The Labute approximate surface area is 165 Å². The maximum absolute atomic E-state index is 5.71. The van der Waals surface area contributed by atoms with E-state index in [0.29, 0.717) is 5.89 Å². The number of nitrogens with zero attached hydrogens (tertiary/aromatic N) is 4. The van der Waals surface area contributed by atoms with Crippen molar-refractivity contribution in [1.29, 1.82) is 0 Å². The molecule has 1 spiro atoms. The van der Waals surface area contributed by atoms with Crippen LogP contribution in [-0.4, -0.2) is 50.9 Å². The second-order valence-corrected chi connectivity index (χ2v) is 7.88. The van der Waals surface area contributed by atoms with E-state index in [4.69, 9.17) is 14.4 Å². The molecule has 146 valence electrons. The monoisotopic (exact) mass is 377 g/mol. The highest BCUT2D eigenvalue weighted by Crippen LogP contribution is 2.42. The summed E-state index contributed by atoms with van der Waals surface area (Å²) in [6.07, 6.45) is 6.98. The predicted molar refractivity (Wildman–Crippen MR) is 108 cm³/mol. The average Bonchev–Trinajstić information content (AvgIpc) is 3.41. The van der Waals surface area contributed by atoms with Gasteiger partial charge in [0.2, 0.25) is 5.89 Å². The van der Waals surface area contributed by atoms with Crippen molar-refractivity contribution in [2.45, 2.75) is 38.3 Å². The molecule has 0 atom stereocenters. The van der Waals surface area contributed by atoms with E-state index in [9.17, 15) is 0 Å². The zero-order valence-corrected chi connectivity index (χ0v) is 16.4. The van der Waals surface area contributed by atoms with E-state index < -0.39 is 0 Å². The summed E-state index contributed by atoms with van der Waals surface area (Å²) in [6.45, 7) is 7.41. The average molecular weight is 377 g/mol. The van der Waals surface area contributed by atoms with Gasteiger partial charge in [-0.15, -0.1) is 0 Å². The minimum absolute atomic E-state index is 0.0951. The van der Waals surface area contributed by atoms with Crippen LogP contribution in [0.25, 0.3) is 11.5 Å². The van der Waals surface area contributed by atoms with Gasteiger partial charge in [-0.25, -0.2) is 9.97 Å². The van der Waals surface area contributed by atoms with Crippen LogP contribution in [0.4, 0.5) is 0 Å². The van der Waals surface area contributed by atoms with Gasteiger partial charge >= 0.3 is 0 Å². The van der Waals surface area contributed by atoms with Crippen molar-refractivity contribution in [1.82, 2.24) is 24.8 Å². The third-order valence-corrected chi connectivity index (χ3v) is 6.42. The van der Waals surface area contributed by atoms with E-state index in [1.807, 2.05) is 36.7 Å². The van der Waals surface area contributed by atoms with E-state index in [1.165, 1.54) is 11.4 Å². The van der Waals surface area contributed by atoms with Crippen LogP contribution in [0.1, 0.15) is 36.8 Å². The number of imidazole rings is 1. The van der Waals surface area contributed by atoms with Gasteiger partial charge in [0.05, 0.1) is 23.3 Å². The lowest BCUT2D eigenvalue weighted by Crippen LogP contribution is -2.56. The van der Waals surface area contributed by atoms with Gasteiger partial charge in [-0.3, -0.25) is 9.80 Å². The van der Waals surface area contributed by atoms with Gasteiger partial charge in [-0.2, -0.15) is 0 Å². The third kappa shape index (κ3) is 2.97. The molecule has 0 bridgehead atoms. The van der Waals surface area contributed by atoms with Gasteiger partial charge in [0.25, 0.3) is 0 Å². The van der Waals surface area contributed by atoms with Crippen LogP contribution in [0, 0.1) is 0 Å². The van der Waals surface area contributed by atoms with Crippen LogP contribution in [0.15, 0.2) is 47.3 Å². The van der Waals surface area contributed by atoms with Crippen molar-refractivity contribution in [3.63, 3.8) is 0 Å². The van der Waals surface area contributed by atoms with Crippen LogP contribution >= 0.6 is 0 Å². The zero-order chi connectivity index (χ0) is 19.0. The molecule has 6 nitrogen and oxygen atoms in total. The molecule has 0 unspecified atom stereocenters. The largest absolute Gasteiger partial charge is 0.444 e. The number of likely N-dealkylation sites (N-methyl/N-ethyl adjacent to an activating group) is 1. The molecule has 1 N–H and O–H groups in total. The van der Waals surface area contributed by atoms with Crippen molar-refractivity contribution < 1.29 is 4.42 Å². The lowest BCUT2D eigenvalue weighted by atomic mass is 9.78. The Hall–Kier alpha value is -2.44. The van der Waals surface area contributed by atoms with Crippen LogP contribution in [0.5, 0.6) is 0 Å². The lowest BCUT2D eigenvalue weighted by molar-refractivity contribution is 0.00680. The quantitative estimate of drug-likeness (QED) is 0.755. The maximum Gasteiger partial charge on any atom is 0.226 e. The molecule has 5 rings (SSSR count). The normalized spacial score (nSPS) is 19.8. The highest BCUT2D eigenvalue weighted by atomic mass is 16.3. The molecule has 28 heavy (non-hydrogen) atoms. The number of aromatic nitrogens is 3. The Bertz CT molecular complexity index is 923. The Morgan fingerprint density at radius 2 is 1.96 bits per heavy atom. The van der Waals surface area contributed by atoms with Crippen molar-refractivity contribution >= 4 is 0 Å². The fraction of sp³-hybridized carbons (Fsp3) is 0.455. The van der Waals surface area contributed by atoms with Gasteiger partial charge in [-0.1, -0.05) is 25.1 Å². The second-order valence-electron chi connectivity index (χ2n) is 7.88. The number of hydrogen-bond donors (Lipinski definition) is 1. The number of rotatable bonds is 4. The van der Waals surface area contributed by atoms with Gasteiger partial charge in [0.15, 0.2) is 0 Å². The minimum atomic E-state index is 0.0951. The molecule has 3 aromatic rings. The van der Waals surface area contributed by atoms with E-state index >= 15 is 0 Å². The second kappa shape index (κ2) is 7.18. The minimum Gasteiger partial charge on any atom is -0.444 e. The molecular weight excluding hydrogens is 350 g/mol. The molecule has 0 radical (unpaired) electrons. The fourth-order valence-electron chi connectivity index (χ4n) is 4.94. The summed E-state index contributed by atoms with van der Waals surface area (Å²) in [7, 11) is 0. The molecule has 1 fully saturated rings. The maximum atomic E-state index is 5.71. The molecular formula is C22H27N5O. The smallest absolute Gasteiger partial charge is 0.226 e. The predicted octanol–water partition coefficient (Wildman–Crippen LogP) is 3.43. The van der Waals surface area contributed by atoms with Gasteiger partial charge < -0.3 is 9.40 Å². The summed E-state index contributed by atoms with van der Waals surface area (Å²) in [5.74, 6) is 0.703. The fourth-order valence-corrected chi connectivity index (χ4v) is 4.94. The SMILES string of the molecule is CCN1CCc2[nH]cnc2C12CCN(Cc1coc(-c3ccccc3)n1)CC2. The summed E-state index contributed by atoms with van der Waals surface area (Å²) in [4.78, 5) is 17.9. The van der Waals surface area contributed by atoms with Crippen molar-refractivity contribution in [3.8, 4) is 11.5 Å². The van der Waals surface area contributed by atoms with E-state index in [-0.39, 0.29) is 5.54 Å². The number of hydrogen-bond acceptors (Lipinski definition) is 5. The number of likely N-dealkylation sites (tertiary alicyclic amines) is 1. The molecule has 0 amide bonds. The van der Waals surface area contributed by atoms with Crippen LogP contribution < -0.4 is 0 Å². The number of piperidine rings is 1. The van der Waals surface area contributed by atoms with E-state index in [2.05, 4.69) is 21.7 Å². The Kier molecular flexibility index (Phi) is 4.53. The first-order chi connectivity index (χ1) is 13.8. The molecule has 2 aliphatic rings. The highest BCUT2D eigenvalue weighted by Gasteiger charge is 2.45. The van der Waals surface area contributed by atoms with Crippen molar-refractivity contribution in [2.75, 3.05) is 26.2 Å². The summed E-state index contributed by atoms with van der Waals surface area (Å²) in [5.41, 5.74) is 4.75. The number of H-pyrrole nitrogens is 1. The zero-order valence-electron chi connectivity index (χ0n) is 16.4. The molecule has 0 saturated carbocycles. The van der Waals surface area contributed by atoms with Gasteiger partial charge in [0.1, 0.15) is 6.26 Å². The van der Waals surface area contributed by atoms with Crippen molar-refractivity contribution in [3.05, 3.63) is 60.0 Å². The molecule has 4 heterocycles. The standard InChI is InChI=1S/C22H27N5O/c1-2-27-11-8-19-20(24-16-23-19)22(27)9-12-26(13-10-22)14-18-15-28-21(25-18)17-6-4-3-5-7-17/h3-7,15-16H,2,8-14H2,1H3,(H,23,24). The van der Waals surface area contributed by atoms with E-state index in [0.717, 1.165) is 63.2 Å². The van der Waals surface area contributed by atoms with E-state index in [1.54, 1.807) is 6.26 Å². The molecule has 0 aliphatic carbocycles. The Morgan fingerprint density at radius 3 is 2.75 bits per heavy atom. The first kappa shape index (κ1) is 17.6. The topological polar surface area (TPSA) is 61.2 Å². The summed E-state index contributed by atoms with van der Waals surface area (Å²) >= 11 is 0. The van der Waals surface area contributed by atoms with Gasteiger partial charge in [0, 0.05) is 43.9 Å². The lowest BCUT2D eigenvalue weighted by Gasteiger charge is -2.50. The number of aromatic amines is 1. The Balaban J connectivity index is 1.29. The summed E-state index contributed by atoms with van der Waals surface area (Å²) < 4.78 is 5.71. The number of nitrogens with one attached hydrogen (secondary N) is 1. The van der Waals surface area contributed by atoms with Crippen LogP contribution in [-0.2, 0) is 18.5 Å². The highest BCUT2D eigenvalue weighted by molar-refractivity contribution is 5.52. The molecule has 2 aliphatic heterocycles. The number of oxazole rings is 1. The molecule has 1 aromatic carbocycles. The molecule has 2 aromatic heterocycles. The first-order valence-electron chi connectivity index (χ1n) is 10.3. The Morgan fingerprint density at radius 1 is 1.14 bits per heavy atom. The summed E-state index contributed by atoms with van der Waals surface area (Å²) in [6, 6.07) is 10.1. The molecule has 6 heteroatoms. The summed E-state index contributed by atoms with van der Waals surface area (Å²) in [5, 5.41) is 0. The number of benzene rings is 1. The van der Waals surface area contributed by atoms with Crippen LogP contribution in [0.3, 0.4) is 0 Å². The third-order valence-electron chi connectivity index (χ3n) is 6.42. The first-order valence-corrected chi connectivity index (χ1v) is 10.3. The van der Waals surface area contributed by atoms with Crippen LogP contribution in [0.2, 0.25) is 0 Å². The van der Waals surface area contributed by atoms with Crippen molar-refractivity contribution in [2.24, 2.45) is 0 Å². The molecule has 1 saturated heterocycles.